The third-order valence-electron chi connectivity index (χ3n) is 8.72. The maximum Gasteiger partial charge on any atom is 0.255 e. The van der Waals surface area contributed by atoms with Crippen LogP contribution in [0.1, 0.15) is 50.9 Å². The number of likely N-dealkylation sites (tertiary alicyclic amines) is 1. The molecule has 1 saturated heterocycles. The summed E-state index contributed by atoms with van der Waals surface area (Å²) in [5, 5.41) is 15.6. The molecule has 2 heterocycles. The van der Waals surface area contributed by atoms with E-state index < -0.39 is 23.5 Å². The van der Waals surface area contributed by atoms with E-state index in [4.69, 9.17) is 4.74 Å². The van der Waals surface area contributed by atoms with Crippen molar-refractivity contribution in [3.05, 3.63) is 78.6 Å². The standard InChI is InChI=1S/C37H44N8O5/c1-22(38-5)33(46)44-31(37(2,3)4)36(49)45-18-10-13-29(45)35(48)43-28-19-26-27(20-30(28)50-6)39-21-40-32(26)41-24-14-16-25(17-15-24)42-34(47)23-11-8-7-9-12-23/h7-9,11-12,14-17,19-22,29,31,38H,10,13,18H2,1-6H3,(H,42,47)(H,43,48)(H,44,46)(H,39,40,41)/t22-,29?,31+/m0/s1. The lowest BCUT2D eigenvalue weighted by Gasteiger charge is -2.36. The first-order valence-electron chi connectivity index (χ1n) is 16.5. The summed E-state index contributed by atoms with van der Waals surface area (Å²) < 4.78 is 5.62. The van der Waals surface area contributed by atoms with Gasteiger partial charge in [-0.25, -0.2) is 9.97 Å². The van der Waals surface area contributed by atoms with Gasteiger partial charge in [0.1, 0.15) is 30.0 Å². The van der Waals surface area contributed by atoms with Crippen molar-refractivity contribution in [2.24, 2.45) is 5.41 Å². The van der Waals surface area contributed by atoms with E-state index in [1.165, 1.54) is 13.4 Å². The first kappa shape index (κ1) is 35.7. The molecule has 1 aromatic heterocycles. The zero-order valence-corrected chi connectivity index (χ0v) is 29.2. The van der Waals surface area contributed by atoms with Gasteiger partial charge in [0.05, 0.1) is 24.4 Å². The van der Waals surface area contributed by atoms with Crippen LogP contribution in [0.3, 0.4) is 0 Å². The minimum atomic E-state index is -0.825. The van der Waals surface area contributed by atoms with Crippen LogP contribution in [-0.2, 0) is 14.4 Å². The van der Waals surface area contributed by atoms with Gasteiger partial charge in [-0.1, -0.05) is 39.0 Å². The quantitative estimate of drug-likeness (QED) is 0.151. The molecule has 4 aromatic rings. The van der Waals surface area contributed by atoms with E-state index in [2.05, 4.69) is 36.6 Å². The Balaban J connectivity index is 1.34. The second-order valence-electron chi connectivity index (χ2n) is 13.3. The summed E-state index contributed by atoms with van der Waals surface area (Å²) in [6.07, 6.45) is 2.55. The average Bonchev–Trinajstić information content (AvgIpc) is 3.61. The number of benzene rings is 3. The number of carbonyl (C=O) groups excluding carboxylic acids is 4. The lowest BCUT2D eigenvalue weighted by Crippen LogP contribution is -2.59. The Bertz CT molecular complexity index is 1860. The normalized spacial score (nSPS) is 15.6. The molecule has 0 spiro atoms. The SMILES string of the molecule is CN[C@@H](C)C(=O)N[C@H](C(=O)N1CCCC1C(=O)Nc1cc2c(Nc3ccc(NC(=O)c4ccccc4)cc3)ncnc2cc1OC)C(C)(C)C. The van der Waals surface area contributed by atoms with E-state index in [1.807, 2.05) is 51.1 Å². The van der Waals surface area contributed by atoms with Crippen LogP contribution in [0.5, 0.6) is 5.75 Å². The van der Waals surface area contributed by atoms with Gasteiger partial charge in [0, 0.05) is 34.9 Å². The van der Waals surface area contributed by atoms with E-state index in [9.17, 15) is 19.2 Å². The molecule has 13 nitrogen and oxygen atoms in total. The Morgan fingerprint density at radius 3 is 2.30 bits per heavy atom. The molecule has 3 atom stereocenters. The number of likely N-dealkylation sites (N-methyl/N-ethyl adjacent to an activating group) is 1. The Kier molecular flexibility index (Phi) is 11.0. The van der Waals surface area contributed by atoms with Crippen molar-refractivity contribution >= 4 is 57.4 Å². The van der Waals surface area contributed by atoms with E-state index in [0.717, 1.165) is 0 Å². The molecule has 4 amide bonds. The fraction of sp³-hybridized carbons (Fsp3) is 0.351. The maximum absolute atomic E-state index is 13.9. The van der Waals surface area contributed by atoms with Crippen LogP contribution in [0, 0.1) is 5.41 Å². The molecule has 0 radical (unpaired) electrons. The number of nitrogens with zero attached hydrogens (tertiary/aromatic N) is 3. The number of aromatic nitrogens is 2. The van der Waals surface area contributed by atoms with Crippen LogP contribution in [0.15, 0.2) is 73.1 Å². The fourth-order valence-corrected chi connectivity index (χ4v) is 5.75. The first-order valence-corrected chi connectivity index (χ1v) is 16.5. The third kappa shape index (κ3) is 8.17. The molecule has 3 aromatic carbocycles. The van der Waals surface area contributed by atoms with E-state index in [-0.39, 0.29) is 23.6 Å². The Hall–Kier alpha value is -5.56. The van der Waals surface area contributed by atoms with Crippen LogP contribution in [0.4, 0.5) is 22.9 Å². The van der Waals surface area contributed by atoms with Crippen molar-refractivity contribution in [3.63, 3.8) is 0 Å². The number of rotatable bonds is 11. The van der Waals surface area contributed by atoms with Gasteiger partial charge < -0.3 is 36.2 Å². The summed E-state index contributed by atoms with van der Waals surface area (Å²) in [6.45, 7) is 7.77. The summed E-state index contributed by atoms with van der Waals surface area (Å²) >= 11 is 0. The number of methoxy groups -OCH3 is 1. The van der Waals surface area contributed by atoms with Crippen molar-refractivity contribution in [2.75, 3.05) is 36.7 Å². The molecule has 0 aliphatic carbocycles. The van der Waals surface area contributed by atoms with E-state index >= 15 is 0 Å². The summed E-state index contributed by atoms with van der Waals surface area (Å²) in [7, 11) is 3.18. The van der Waals surface area contributed by atoms with E-state index in [1.54, 1.807) is 55.3 Å². The molecule has 13 heteroatoms. The molecule has 0 bridgehead atoms. The van der Waals surface area contributed by atoms with Crippen LogP contribution in [0.25, 0.3) is 10.9 Å². The summed E-state index contributed by atoms with van der Waals surface area (Å²) in [6, 6.07) is 17.6. The maximum atomic E-state index is 13.9. The smallest absolute Gasteiger partial charge is 0.255 e. The highest BCUT2D eigenvalue weighted by Gasteiger charge is 2.42. The second kappa shape index (κ2) is 15.3. The number of carbonyl (C=O) groups is 4. The number of fused-ring (bicyclic) bond motifs is 1. The molecule has 1 unspecified atom stereocenters. The largest absolute Gasteiger partial charge is 0.494 e. The van der Waals surface area contributed by atoms with Crippen molar-refractivity contribution in [3.8, 4) is 5.75 Å². The van der Waals surface area contributed by atoms with Gasteiger partial charge in [0.25, 0.3) is 5.91 Å². The summed E-state index contributed by atoms with van der Waals surface area (Å²) in [4.78, 5) is 63.4. The Morgan fingerprint density at radius 1 is 0.940 bits per heavy atom. The minimum Gasteiger partial charge on any atom is -0.494 e. The highest BCUT2D eigenvalue weighted by Crippen LogP contribution is 2.34. The fourth-order valence-electron chi connectivity index (χ4n) is 5.75. The Labute approximate surface area is 291 Å². The van der Waals surface area contributed by atoms with Gasteiger partial charge in [-0.15, -0.1) is 0 Å². The number of anilines is 4. The Morgan fingerprint density at radius 2 is 1.64 bits per heavy atom. The van der Waals surface area contributed by atoms with Crippen LogP contribution < -0.4 is 31.3 Å². The lowest BCUT2D eigenvalue weighted by atomic mass is 9.85. The van der Waals surface area contributed by atoms with Crippen LogP contribution in [-0.4, -0.2) is 77.3 Å². The van der Waals surface area contributed by atoms with Crippen LogP contribution >= 0.6 is 0 Å². The third-order valence-corrected chi connectivity index (χ3v) is 8.72. The molecule has 1 aliphatic heterocycles. The number of hydrogen-bond donors (Lipinski definition) is 5. The molecule has 5 N–H and O–H groups in total. The van der Waals surface area contributed by atoms with Gasteiger partial charge in [-0.05, 0) is 74.7 Å². The monoisotopic (exact) mass is 680 g/mol. The molecular formula is C37H44N8O5. The molecule has 0 saturated carbocycles. The van der Waals surface area contributed by atoms with Gasteiger partial charge in [-0.3, -0.25) is 19.2 Å². The minimum absolute atomic E-state index is 0.207. The second-order valence-corrected chi connectivity index (χ2v) is 13.3. The number of ether oxygens (including phenoxy) is 1. The molecule has 5 rings (SSSR count). The van der Waals surface area contributed by atoms with Crippen LogP contribution in [0.2, 0.25) is 0 Å². The molecule has 262 valence electrons. The summed E-state index contributed by atoms with van der Waals surface area (Å²) in [5.41, 5.74) is 2.30. The van der Waals surface area contributed by atoms with E-state index in [0.29, 0.717) is 64.5 Å². The predicted molar refractivity (Wildman–Crippen MR) is 193 cm³/mol. The molecule has 50 heavy (non-hydrogen) atoms. The zero-order chi connectivity index (χ0) is 36.0. The first-order chi connectivity index (χ1) is 23.9. The van der Waals surface area contributed by atoms with Crippen molar-refractivity contribution in [1.29, 1.82) is 0 Å². The number of nitrogens with one attached hydrogen (secondary N) is 5. The van der Waals surface area contributed by atoms with Gasteiger partial charge in [0.2, 0.25) is 17.7 Å². The van der Waals surface area contributed by atoms with Crippen molar-refractivity contribution in [2.45, 2.75) is 58.7 Å². The van der Waals surface area contributed by atoms with Crippen molar-refractivity contribution in [1.82, 2.24) is 25.5 Å². The average molecular weight is 681 g/mol. The molecule has 1 aliphatic rings. The van der Waals surface area contributed by atoms with Gasteiger partial charge in [-0.2, -0.15) is 0 Å². The van der Waals surface area contributed by atoms with Crippen molar-refractivity contribution < 1.29 is 23.9 Å². The highest BCUT2D eigenvalue weighted by molar-refractivity contribution is 6.05. The van der Waals surface area contributed by atoms with Gasteiger partial charge >= 0.3 is 0 Å². The molecular weight excluding hydrogens is 636 g/mol. The number of amides is 4. The zero-order valence-electron chi connectivity index (χ0n) is 29.2. The lowest BCUT2D eigenvalue weighted by molar-refractivity contribution is -0.143. The topological polar surface area (TPSA) is 167 Å². The molecule has 1 fully saturated rings. The summed E-state index contributed by atoms with van der Waals surface area (Å²) in [5.74, 6) is -0.281. The van der Waals surface area contributed by atoms with Gasteiger partial charge in [0.15, 0.2) is 0 Å². The predicted octanol–water partition coefficient (Wildman–Crippen LogP) is 4.70. The number of hydrogen-bond acceptors (Lipinski definition) is 9. The highest BCUT2D eigenvalue weighted by atomic mass is 16.5.